The molecule has 2 heterocycles. The molecule has 0 radical (unpaired) electrons. The monoisotopic (exact) mass is 325 g/mol. The summed E-state index contributed by atoms with van der Waals surface area (Å²) < 4.78 is 11.0. The Balaban J connectivity index is 1.31. The molecule has 0 aromatic heterocycles. The highest BCUT2D eigenvalue weighted by Crippen LogP contribution is 2.60. The fourth-order valence-corrected chi connectivity index (χ4v) is 5.79. The molecule has 6 heteroatoms. The number of hydrogen-bond acceptors (Lipinski definition) is 6. The Morgan fingerprint density at radius 1 is 1.36 bits per heavy atom. The van der Waals surface area contributed by atoms with Crippen LogP contribution in [0.25, 0.3) is 0 Å². The van der Waals surface area contributed by atoms with Gasteiger partial charge in [-0.25, -0.2) is 0 Å². The van der Waals surface area contributed by atoms with E-state index in [2.05, 4.69) is 4.90 Å². The molecule has 22 heavy (non-hydrogen) atoms. The normalized spacial score (nSPS) is 41.1. The molecule has 0 N–H and O–H groups in total. The smallest absolute Gasteiger partial charge is 0.320 e. The summed E-state index contributed by atoms with van der Waals surface area (Å²) in [6, 6.07) is 0. The summed E-state index contributed by atoms with van der Waals surface area (Å²) in [6.07, 6.45) is 3.61. The zero-order chi connectivity index (χ0) is 15.2. The number of cyclic esters (lactones) is 1. The summed E-state index contributed by atoms with van der Waals surface area (Å²) in [5, 5.41) is 0. The minimum Gasteiger partial charge on any atom is -0.465 e. The van der Waals surface area contributed by atoms with E-state index in [4.69, 9.17) is 9.47 Å². The van der Waals surface area contributed by atoms with E-state index in [9.17, 15) is 9.59 Å². The van der Waals surface area contributed by atoms with Crippen molar-refractivity contribution in [3.05, 3.63) is 0 Å². The molecule has 5 nitrogen and oxygen atoms in total. The van der Waals surface area contributed by atoms with Crippen molar-refractivity contribution in [1.82, 2.24) is 4.90 Å². The summed E-state index contributed by atoms with van der Waals surface area (Å²) in [6.45, 7) is 2.94. The zero-order valence-corrected chi connectivity index (χ0v) is 13.6. The van der Waals surface area contributed by atoms with Gasteiger partial charge in [0.1, 0.15) is 6.10 Å². The first-order valence-electron chi connectivity index (χ1n) is 8.34. The predicted octanol–water partition coefficient (Wildman–Crippen LogP) is 1.31. The Morgan fingerprint density at radius 2 is 2.18 bits per heavy atom. The summed E-state index contributed by atoms with van der Waals surface area (Å²) in [5.41, 5.74) is -0.238. The lowest BCUT2D eigenvalue weighted by Gasteiger charge is -2.33. The second-order valence-electron chi connectivity index (χ2n) is 7.09. The van der Waals surface area contributed by atoms with Gasteiger partial charge in [-0.15, -0.1) is 0 Å². The lowest BCUT2D eigenvalue weighted by atomic mass is 9.71. The van der Waals surface area contributed by atoms with Gasteiger partial charge in [-0.2, -0.15) is 11.8 Å². The van der Waals surface area contributed by atoms with E-state index in [0.717, 1.165) is 50.3 Å². The van der Waals surface area contributed by atoms with E-state index in [1.807, 2.05) is 11.8 Å². The molecule has 2 bridgehead atoms. The zero-order valence-electron chi connectivity index (χ0n) is 12.8. The summed E-state index contributed by atoms with van der Waals surface area (Å²) in [7, 11) is 0. The molecular weight excluding hydrogens is 302 g/mol. The van der Waals surface area contributed by atoms with E-state index in [-0.39, 0.29) is 23.5 Å². The van der Waals surface area contributed by atoms with E-state index in [1.165, 1.54) is 0 Å². The van der Waals surface area contributed by atoms with Crippen LogP contribution in [0.1, 0.15) is 25.7 Å². The molecule has 0 amide bonds. The third kappa shape index (κ3) is 2.44. The minimum absolute atomic E-state index is 0.00408. The molecule has 1 spiro atoms. The molecule has 2 saturated carbocycles. The third-order valence-corrected chi connectivity index (χ3v) is 6.91. The van der Waals surface area contributed by atoms with Crippen molar-refractivity contribution < 1.29 is 19.1 Å². The van der Waals surface area contributed by atoms with Crippen LogP contribution in [0.5, 0.6) is 0 Å². The lowest BCUT2D eigenvalue weighted by molar-refractivity contribution is -0.156. The molecule has 0 aromatic rings. The summed E-state index contributed by atoms with van der Waals surface area (Å²) in [4.78, 5) is 26.4. The fourth-order valence-electron chi connectivity index (χ4n) is 4.81. The van der Waals surface area contributed by atoms with Gasteiger partial charge < -0.3 is 9.47 Å². The predicted molar refractivity (Wildman–Crippen MR) is 82.5 cm³/mol. The number of rotatable bonds is 3. The lowest BCUT2D eigenvalue weighted by Crippen LogP contribution is -2.41. The van der Waals surface area contributed by atoms with Gasteiger partial charge in [0.25, 0.3) is 0 Å². The fraction of sp³-hybridized carbons (Fsp3) is 0.875. The Labute approximate surface area is 135 Å². The number of thioether (sulfide) groups is 1. The van der Waals surface area contributed by atoms with Crippen molar-refractivity contribution in [3.63, 3.8) is 0 Å². The van der Waals surface area contributed by atoms with Gasteiger partial charge in [0.05, 0.1) is 18.6 Å². The van der Waals surface area contributed by atoms with E-state index in [1.54, 1.807) is 0 Å². The van der Waals surface area contributed by atoms with Crippen LogP contribution in [-0.4, -0.2) is 60.7 Å². The molecule has 2 aliphatic carbocycles. The van der Waals surface area contributed by atoms with E-state index < -0.39 is 0 Å². The number of ether oxygens (including phenoxy) is 2. The quantitative estimate of drug-likeness (QED) is 0.729. The number of esters is 2. The second-order valence-corrected chi connectivity index (χ2v) is 8.32. The average molecular weight is 325 g/mol. The largest absolute Gasteiger partial charge is 0.465 e. The number of carbonyl (C=O) groups excluding carboxylic acids is 2. The van der Waals surface area contributed by atoms with Crippen LogP contribution in [-0.2, 0) is 19.1 Å². The SMILES string of the molecule is O=C(CN1CCSCC1)OC1CC2CC1CC21CCOC1=O. The van der Waals surface area contributed by atoms with Crippen molar-refractivity contribution in [2.45, 2.75) is 31.8 Å². The number of fused-ring (bicyclic) bond motifs is 3. The highest BCUT2D eigenvalue weighted by Gasteiger charge is 2.62. The van der Waals surface area contributed by atoms with Gasteiger partial charge in [0, 0.05) is 24.6 Å². The van der Waals surface area contributed by atoms with Crippen molar-refractivity contribution >= 4 is 23.7 Å². The average Bonchev–Trinajstić information content (AvgIpc) is 3.16. The highest BCUT2D eigenvalue weighted by molar-refractivity contribution is 7.99. The molecule has 2 saturated heterocycles. The Bertz CT molecular complexity index is 479. The van der Waals surface area contributed by atoms with Crippen molar-refractivity contribution in [1.29, 1.82) is 0 Å². The molecule has 122 valence electrons. The Morgan fingerprint density at radius 3 is 2.82 bits per heavy atom. The van der Waals surface area contributed by atoms with Gasteiger partial charge in [0.15, 0.2) is 0 Å². The number of hydrogen-bond donors (Lipinski definition) is 0. The molecular formula is C16H23NO4S. The second kappa shape index (κ2) is 5.71. The van der Waals surface area contributed by atoms with Gasteiger partial charge in [-0.3, -0.25) is 14.5 Å². The summed E-state index contributed by atoms with van der Waals surface area (Å²) in [5.74, 6) is 2.83. The number of nitrogens with zero attached hydrogens (tertiary/aromatic N) is 1. The molecule has 2 aliphatic heterocycles. The first kappa shape index (κ1) is 14.8. The minimum atomic E-state index is -0.238. The molecule has 4 fully saturated rings. The number of carbonyl (C=O) groups is 2. The molecule has 4 unspecified atom stereocenters. The molecule has 0 aromatic carbocycles. The third-order valence-electron chi connectivity index (χ3n) is 5.96. The Kier molecular flexibility index (Phi) is 3.85. The van der Waals surface area contributed by atoms with Crippen LogP contribution in [0.15, 0.2) is 0 Å². The Hall–Kier alpha value is -0.750. The van der Waals surface area contributed by atoms with Crippen LogP contribution in [0.3, 0.4) is 0 Å². The van der Waals surface area contributed by atoms with Crippen LogP contribution >= 0.6 is 11.8 Å². The first-order valence-corrected chi connectivity index (χ1v) is 9.50. The first-order chi connectivity index (χ1) is 10.7. The maximum absolute atomic E-state index is 12.2. The van der Waals surface area contributed by atoms with E-state index >= 15 is 0 Å². The maximum Gasteiger partial charge on any atom is 0.320 e. The van der Waals surface area contributed by atoms with Crippen LogP contribution in [0.4, 0.5) is 0 Å². The van der Waals surface area contributed by atoms with Crippen molar-refractivity contribution in [3.8, 4) is 0 Å². The van der Waals surface area contributed by atoms with Gasteiger partial charge in [-0.1, -0.05) is 0 Å². The van der Waals surface area contributed by atoms with Crippen molar-refractivity contribution in [2.24, 2.45) is 17.3 Å². The van der Waals surface area contributed by atoms with Gasteiger partial charge in [0.2, 0.25) is 0 Å². The van der Waals surface area contributed by atoms with Gasteiger partial charge in [-0.05, 0) is 37.5 Å². The van der Waals surface area contributed by atoms with Crippen molar-refractivity contribution in [2.75, 3.05) is 37.7 Å². The van der Waals surface area contributed by atoms with Gasteiger partial charge >= 0.3 is 11.9 Å². The molecule has 4 atom stereocenters. The van der Waals surface area contributed by atoms with Crippen LogP contribution < -0.4 is 0 Å². The van der Waals surface area contributed by atoms with E-state index in [0.29, 0.717) is 25.0 Å². The standard InChI is InChI=1S/C16H23NO4S/c18-14(10-17-2-5-22-6-3-17)21-13-8-12-7-11(13)9-16(12)1-4-20-15(16)19/h11-13H,1-10H2. The van der Waals surface area contributed by atoms with Crippen LogP contribution in [0.2, 0.25) is 0 Å². The van der Waals surface area contributed by atoms with Crippen LogP contribution in [0, 0.1) is 17.3 Å². The topological polar surface area (TPSA) is 55.8 Å². The molecule has 4 aliphatic rings. The summed E-state index contributed by atoms with van der Waals surface area (Å²) >= 11 is 1.94. The highest BCUT2D eigenvalue weighted by atomic mass is 32.2. The molecule has 4 rings (SSSR count). The maximum atomic E-state index is 12.2.